The number of aromatic nitrogens is 4. The molecular weight excluding hydrogens is 228 g/mol. The summed E-state index contributed by atoms with van der Waals surface area (Å²) in [6, 6.07) is 9.97. The number of hydrogen-bond donors (Lipinski definition) is 2. The molecule has 2 aromatic heterocycles. The third-order valence-corrected chi connectivity index (χ3v) is 2.74. The summed E-state index contributed by atoms with van der Waals surface area (Å²) in [5.74, 6) is 6.17. The number of nitrogens with one attached hydrogen (secondary N) is 1. The van der Waals surface area contributed by atoms with Crippen LogP contribution in [0.15, 0.2) is 43.0 Å². The molecule has 0 aliphatic carbocycles. The van der Waals surface area contributed by atoms with Crippen LogP contribution in [0.4, 0.5) is 5.82 Å². The van der Waals surface area contributed by atoms with Crippen LogP contribution in [0.2, 0.25) is 0 Å². The Bertz CT molecular complexity index is 661. The zero-order valence-corrected chi connectivity index (χ0v) is 9.61. The third-order valence-electron chi connectivity index (χ3n) is 2.74. The van der Waals surface area contributed by atoms with E-state index >= 15 is 0 Å². The Labute approximate surface area is 103 Å². The highest BCUT2D eigenvalue weighted by atomic mass is 15.3. The van der Waals surface area contributed by atoms with Gasteiger partial charge in [-0.25, -0.2) is 20.5 Å². The van der Waals surface area contributed by atoms with Crippen molar-refractivity contribution in [1.82, 2.24) is 19.7 Å². The Morgan fingerprint density at radius 1 is 1.28 bits per heavy atom. The molecule has 90 valence electrons. The first kappa shape index (κ1) is 10.7. The second kappa shape index (κ2) is 4.42. The molecule has 6 heteroatoms. The molecule has 1 aromatic carbocycles. The number of anilines is 1. The fourth-order valence-corrected chi connectivity index (χ4v) is 1.89. The number of fused-ring (bicyclic) bond motifs is 1. The number of benzene rings is 1. The summed E-state index contributed by atoms with van der Waals surface area (Å²) in [6.07, 6.45) is 3.17. The van der Waals surface area contributed by atoms with Crippen molar-refractivity contribution >= 4 is 16.7 Å². The number of para-hydroxylation sites is 1. The first-order chi connectivity index (χ1) is 8.86. The van der Waals surface area contributed by atoms with Crippen LogP contribution in [0.25, 0.3) is 10.9 Å². The van der Waals surface area contributed by atoms with Gasteiger partial charge in [-0.2, -0.15) is 5.10 Å². The third kappa shape index (κ3) is 1.89. The molecule has 0 bridgehead atoms. The monoisotopic (exact) mass is 240 g/mol. The topological polar surface area (TPSA) is 81.6 Å². The fraction of sp³-hybridized carbons (Fsp3) is 0.0833. The van der Waals surface area contributed by atoms with E-state index in [1.54, 1.807) is 11.0 Å². The number of hydrogen-bond acceptors (Lipinski definition) is 5. The lowest BCUT2D eigenvalue weighted by molar-refractivity contribution is 0.684. The summed E-state index contributed by atoms with van der Waals surface area (Å²) >= 11 is 0. The fourth-order valence-electron chi connectivity index (χ4n) is 1.89. The SMILES string of the molecule is NNc1nc2ccccc2cc1Cn1cncn1. The normalized spacial score (nSPS) is 10.7. The predicted octanol–water partition coefficient (Wildman–Crippen LogP) is 1.16. The summed E-state index contributed by atoms with van der Waals surface area (Å²) in [5.41, 5.74) is 4.51. The lowest BCUT2D eigenvalue weighted by Gasteiger charge is -2.09. The highest BCUT2D eigenvalue weighted by Crippen LogP contribution is 2.20. The van der Waals surface area contributed by atoms with E-state index in [1.165, 1.54) is 6.33 Å². The Balaban J connectivity index is 2.09. The van der Waals surface area contributed by atoms with Crippen molar-refractivity contribution in [3.63, 3.8) is 0 Å². The number of rotatable bonds is 3. The van der Waals surface area contributed by atoms with Gasteiger partial charge in [0, 0.05) is 10.9 Å². The quantitative estimate of drug-likeness (QED) is 0.530. The van der Waals surface area contributed by atoms with Gasteiger partial charge in [0.25, 0.3) is 0 Å². The Kier molecular flexibility index (Phi) is 2.62. The number of nitrogen functional groups attached to an aromatic ring is 1. The van der Waals surface area contributed by atoms with Crippen molar-refractivity contribution in [2.24, 2.45) is 5.84 Å². The van der Waals surface area contributed by atoms with Crippen LogP contribution in [-0.4, -0.2) is 19.7 Å². The predicted molar refractivity (Wildman–Crippen MR) is 68.7 cm³/mol. The zero-order valence-electron chi connectivity index (χ0n) is 9.61. The van der Waals surface area contributed by atoms with Crippen LogP contribution in [0.3, 0.4) is 0 Å². The van der Waals surface area contributed by atoms with Crippen molar-refractivity contribution in [3.05, 3.63) is 48.5 Å². The van der Waals surface area contributed by atoms with Gasteiger partial charge in [-0.3, -0.25) is 0 Å². The summed E-state index contributed by atoms with van der Waals surface area (Å²) in [4.78, 5) is 8.39. The molecule has 3 N–H and O–H groups in total. The smallest absolute Gasteiger partial charge is 0.145 e. The molecule has 2 heterocycles. The molecule has 0 amide bonds. The van der Waals surface area contributed by atoms with Crippen LogP contribution in [0.5, 0.6) is 0 Å². The van der Waals surface area contributed by atoms with E-state index in [2.05, 4.69) is 26.6 Å². The highest BCUT2D eigenvalue weighted by molar-refractivity contribution is 5.81. The number of pyridine rings is 1. The molecule has 0 fully saturated rings. The summed E-state index contributed by atoms with van der Waals surface area (Å²) in [7, 11) is 0. The standard InChI is InChI=1S/C12H12N6/c13-17-12-10(6-18-8-14-7-15-18)5-9-3-1-2-4-11(9)16-12/h1-5,7-8H,6,13H2,(H,16,17). The number of nitrogens with two attached hydrogens (primary N) is 1. The van der Waals surface area contributed by atoms with Crippen LogP contribution < -0.4 is 11.3 Å². The summed E-state index contributed by atoms with van der Waals surface area (Å²) in [5, 5.41) is 5.15. The average molecular weight is 240 g/mol. The van der Waals surface area contributed by atoms with E-state index in [1.807, 2.05) is 24.3 Å². The number of hydrazine groups is 1. The van der Waals surface area contributed by atoms with Gasteiger partial charge >= 0.3 is 0 Å². The molecule has 0 aliphatic heterocycles. The van der Waals surface area contributed by atoms with Crippen molar-refractivity contribution in [2.45, 2.75) is 6.54 Å². The first-order valence-corrected chi connectivity index (χ1v) is 5.54. The van der Waals surface area contributed by atoms with Crippen LogP contribution in [-0.2, 0) is 6.54 Å². The van der Waals surface area contributed by atoms with E-state index in [-0.39, 0.29) is 0 Å². The molecule has 3 rings (SSSR count). The zero-order chi connectivity index (χ0) is 12.4. The Hall–Kier alpha value is -2.47. The van der Waals surface area contributed by atoms with Crippen molar-refractivity contribution < 1.29 is 0 Å². The molecule has 0 saturated carbocycles. The summed E-state index contributed by atoms with van der Waals surface area (Å²) in [6.45, 7) is 0.581. The maximum absolute atomic E-state index is 5.51. The van der Waals surface area contributed by atoms with Gasteiger partial charge in [0.05, 0.1) is 12.1 Å². The molecule has 0 unspecified atom stereocenters. The van der Waals surface area contributed by atoms with Gasteiger partial charge in [-0.05, 0) is 12.1 Å². The van der Waals surface area contributed by atoms with Gasteiger partial charge in [0.15, 0.2) is 0 Å². The molecule has 0 saturated heterocycles. The van der Waals surface area contributed by atoms with Crippen LogP contribution >= 0.6 is 0 Å². The molecule has 6 nitrogen and oxygen atoms in total. The van der Waals surface area contributed by atoms with Gasteiger partial charge in [0.2, 0.25) is 0 Å². The lowest BCUT2D eigenvalue weighted by Crippen LogP contribution is -2.13. The molecule has 18 heavy (non-hydrogen) atoms. The van der Waals surface area contributed by atoms with Crippen molar-refractivity contribution in [3.8, 4) is 0 Å². The van der Waals surface area contributed by atoms with Crippen LogP contribution in [0, 0.1) is 0 Å². The van der Waals surface area contributed by atoms with E-state index in [0.29, 0.717) is 12.4 Å². The maximum Gasteiger partial charge on any atom is 0.145 e. The largest absolute Gasteiger partial charge is 0.308 e. The van der Waals surface area contributed by atoms with Gasteiger partial charge in [0.1, 0.15) is 18.5 Å². The first-order valence-electron chi connectivity index (χ1n) is 5.54. The maximum atomic E-state index is 5.51. The Morgan fingerprint density at radius 3 is 2.94 bits per heavy atom. The Morgan fingerprint density at radius 2 is 2.17 bits per heavy atom. The molecule has 0 atom stereocenters. The number of nitrogens with zero attached hydrogens (tertiary/aromatic N) is 4. The minimum atomic E-state index is 0.581. The average Bonchev–Trinajstić information content (AvgIpc) is 2.91. The van der Waals surface area contributed by atoms with Gasteiger partial charge in [-0.1, -0.05) is 18.2 Å². The molecule has 0 aliphatic rings. The van der Waals surface area contributed by atoms with Crippen LogP contribution in [0.1, 0.15) is 5.56 Å². The molecule has 0 spiro atoms. The minimum Gasteiger partial charge on any atom is -0.308 e. The lowest BCUT2D eigenvalue weighted by atomic mass is 10.1. The summed E-state index contributed by atoms with van der Waals surface area (Å²) < 4.78 is 1.73. The second-order valence-corrected chi connectivity index (χ2v) is 3.93. The van der Waals surface area contributed by atoms with E-state index in [0.717, 1.165) is 16.5 Å². The second-order valence-electron chi connectivity index (χ2n) is 3.93. The van der Waals surface area contributed by atoms with E-state index in [4.69, 9.17) is 5.84 Å². The van der Waals surface area contributed by atoms with E-state index in [9.17, 15) is 0 Å². The van der Waals surface area contributed by atoms with Crippen molar-refractivity contribution in [2.75, 3.05) is 5.43 Å². The van der Waals surface area contributed by atoms with Crippen molar-refractivity contribution in [1.29, 1.82) is 0 Å². The molecule has 3 aromatic rings. The molecular formula is C12H12N6. The van der Waals surface area contributed by atoms with Gasteiger partial charge in [-0.15, -0.1) is 0 Å². The van der Waals surface area contributed by atoms with Gasteiger partial charge < -0.3 is 5.43 Å². The minimum absolute atomic E-state index is 0.581. The van der Waals surface area contributed by atoms with E-state index < -0.39 is 0 Å². The molecule has 0 radical (unpaired) electrons. The highest BCUT2D eigenvalue weighted by Gasteiger charge is 2.06.